The number of hydrogen-bond acceptors (Lipinski definition) is 3. The number of aromatic nitrogens is 3. The number of quaternary nitrogens is 1. The second-order valence-corrected chi connectivity index (χ2v) is 7.37. The molecule has 0 amide bonds. The summed E-state index contributed by atoms with van der Waals surface area (Å²) in [7, 11) is 1.64. The van der Waals surface area contributed by atoms with Crippen molar-refractivity contribution in [3.63, 3.8) is 0 Å². The van der Waals surface area contributed by atoms with Gasteiger partial charge in [-0.1, -0.05) is 0 Å². The van der Waals surface area contributed by atoms with E-state index in [4.69, 9.17) is 4.74 Å². The van der Waals surface area contributed by atoms with Gasteiger partial charge in [0.1, 0.15) is 38.5 Å². The van der Waals surface area contributed by atoms with E-state index in [1.165, 1.54) is 17.2 Å². The fourth-order valence-corrected chi connectivity index (χ4v) is 3.78. The van der Waals surface area contributed by atoms with Crippen LogP contribution in [-0.2, 0) is 12.7 Å². The van der Waals surface area contributed by atoms with E-state index in [9.17, 15) is 13.2 Å². The molecule has 1 fully saturated rings. The van der Waals surface area contributed by atoms with Crippen LogP contribution in [0.25, 0.3) is 11.3 Å². The van der Waals surface area contributed by atoms with E-state index in [0.29, 0.717) is 18.9 Å². The lowest BCUT2D eigenvalue weighted by molar-refractivity contribution is -0.914. The third-order valence-corrected chi connectivity index (χ3v) is 5.46. The lowest BCUT2D eigenvalue weighted by atomic mass is 10.1. The minimum Gasteiger partial charge on any atom is -0.497 e. The number of ether oxygens (including phenoxy) is 1. The summed E-state index contributed by atoms with van der Waals surface area (Å²) in [6, 6.07) is 10.1. The van der Waals surface area contributed by atoms with E-state index in [1.54, 1.807) is 7.11 Å². The molecule has 1 saturated heterocycles. The Labute approximate surface area is 172 Å². The molecular formula is C21H24F3N5O+2. The maximum Gasteiger partial charge on any atom is 0.416 e. The van der Waals surface area contributed by atoms with Gasteiger partial charge in [-0.2, -0.15) is 18.3 Å². The van der Waals surface area contributed by atoms with E-state index >= 15 is 0 Å². The Balaban J connectivity index is 1.40. The summed E-state index contributed by atoms with van der Waals surface area (Å²) in [6.07, 6.45) is -1.14. The highest BCUT2D eigenvalue weighted by Gasteiger charge is 2.34. The molecule has 0 radical (unpaired) electrons. The van der Waals surface area contributed by atoms with E-state index < -0.39 is 11.7 Å². The van der Waals surface area contributed by atoms with Crippen molar-refractivity contribution in [1.82, 2.24) is 10.2 Å². The summed E-state index contributed by atoms with van der Waals surface area (Å²) >= 11 is 0. The molecule has 0 spiro atoms. The van der Waals surface area contributed by atoms with Crippen LogP contribution in [0.3, 0.4) is 0 Å². The standard InChI is InChI=1S/C21H22F3N5O/c1-30-18-4-2-15(3-5-18)20-16(13-26-27-20)14-28-8-10-29(11-9-28)19-12-17(6-7-25-19)21(22,23)24/h2-7,12-13H,8-11,14H2,1H3,(H,26,27)/p+2. The van der Waals surface area contributed by atoms with Gasteiger partial charge in [0.25, 0.3) is 5.82 Å². The molecule has 2 aromatic heterocycles. The van der Waals surface area contributed by atoms with Gasteiger partial charge >= 0.3 is 6.18 Å². The fraction of sp³-hybridized carbons (Fsp3) is 0.333. The predicted molar refractivity (Wildman–Crippen MR) is 105 cm³/mol. The van der Waals surface area contributed by atoms with Crippen LogP contribution in [0, 0.1) is 0 Å². The number of aromatic amines is 2. The van der Waals surface area contributed by atoms with Gasteiger partial charge in [-0.25, -0.2) is 4.98 Å². The second kappa shape index (κ2) is 8.35. The highest BCUT2D eigenvalue weighted by Crippen LogP contribution is 2.30. The number of H-pyrrole nitrogens is 2. The Morgan fingerprint density at radius 1 is 1.17 bits per heavy atom. The Bertz CT molecular complexity index is 979. The van der Waals surface area contributed by atoms with Crippen LogP contribution in [-0.4, -0.2) is 43.5 Å². The van der Waals surface area contributed by atoms with Crippen molar-refractivity contribution >= 4 is 5.82 Å². The van der Waals surface area contributed by atoms with Crippen LogP contribution in [0.5, 0.6) is 5.75 Å². The third kappa shape index (κ3) is 4.40. The number of piperazine rings is 1. The molecule has 9 heteroatoms. The smallest absolute Gasteiger partial charge is 0.416 e. The van der Waals surface area contributed by atoms with Gasteiger partial charge in [0.15, 0.2) is 0 Å². The Hall–Kier alpha value is -3.07. The van der Waals surface area contributed by atoms with Crippen LogP contribution in [0.4, 0.5) is 19.0 Å². The SMILES string of the molecule is COc1ccc(-c2[nH]ncc2C[NH+]2CCN(c3cc(C(F)(F)F)cc[nH+]3)CC2)cc1. The topological polar surface area (TPSA) is 59.7 Å². The number of hydrogen-bond donors (Lipinski definition) is 2. The van der Waals surface area contributed by atoms with Gasteiger partial charge < -0.3 is 9.64 Å². The van der Waals surface area contributed by atoms with Crippen molar-refractivity contribution in [3.8, 4) is 17.0 Å². The van der Waals surface area contributed by atoms with Crippen LogP contribution in [0.2, 0.25) is 0 Å². The number of benzene rings is 1. The summed E-state index contributed by atoms with van der Waals surface area (Å²) in [4.78, 5) is 6.28. The van der Waals surface area contributed by atoms with E-state index in [-0.39, 0.29) is 0 Å². The Morgan fingerprint density at radius 3 is 2.57 bits per heavy atom. The first-order valence-corrected chi connectivity index (χ1v) is 9.78. The first-order chi connectivity index (χ1) is 14.4. The summed E-state index contributed by atoms with van der Waals surface area (Å²) in [5.74, 6) is 1.30. The molecule has 0 aliphatic carbocycles. The molecule has 0 saturated carbocycles. The number of rotatable bonds is 5. The lowest BCUT2D eigenvalue weighted by Crippen LogP contribution is -3.13. The molecule has 0 bridgehead atoms. The molecule has 3 N–H and O–H groups in total. The normalized spacial score (nSPS) is 15.4. The molecule has 158 valence electrons. The van der Waals surface area contributed by atoms with Crippen molar-refractivity contribution in [1.29, 1.82) is 0 Å². The molecule has 6 nitrogen and oxygen atoms in total. The summed E-state index contributed by atoms with van der Waals surface area (Å²) in [5, 5.41) is 7.29. The second-order valence-electron chi connectivity index (χ2n) is 7.37. The predicted octanol–water partition coefficient (Wildman–Crippen LogP) is 1.82. The molecular weight excluding hydrogens is 395 g/mol. The zero-order valence-corrected chi connectivity index (χ0v) is 16.6. The highest BCUT2D eigenvalue weighted by molar-refractivity contribution is 5.63. The number of pyridine rings is 1. The molecule has 3 heterocycles. The molecule has 1 aliphatic heterocycles. The van der Waals surface area contributed by atoms with Crippen LogP contribution in [0.15, 0.2) is 48.8 Å². The number of nitrogens with zero attached hydrogens (tertiary/aromatic N) is 2. The van der Waals surface area contributed by atoms with Crippen molar-refractivity contribution in [2.24, 2.45) is 0 Å². The maximum absolute atomic E-state index is 13.0. The zero-order chi connectivity index (χ0) is 21.1. The largest absolute Gasteiger partial charge is 0.497 e. The van der Waals surface area contributed by atoms with Gasteiger partial charge in [0.2, 0.25) is 0 Å². The minimum atomic E-state index is -4.34. The maximum atomic E-state index is 13.0. The number of nitrogens with one attached hydrogen (secondary N) is 3. The molecule has 0 unspecified atom stereocenters. The van der Waals surface area contributed by atoms with Crippen LogP contribution in [0.1, 0.15) is 11.1 Å². The fourth-order valence-electron chi connectivity index (χ4n) is 3.78. The van der Waals surface area contributed by atoms with Crippen molar-refractivity contribution in [3.05, 3.63) is 59.9 Å². The molecule has 0 atom stereocenters. The van der Waals surface area contributed by atoms with E-state index in [0.717, 1.165) is 48.3 Å². The molecule has 3 aromatic rings. The van der Waals surface area contributed by atoms with Gasteiger partial charge in [-0.3, -0.25) is 10.00 Å². The first kappa shape index (κ1) is 20.2. The number of alkyl halides is 3. The summed E-state index contributed by atoms with van der Waals surface area (Å²) in [5.41, 5.74) is 2.52. The molecule has 30 heavy (non-hydrogen) atoms. The quantitative estimate of drug-likeness (QED) is 0.664. The van der Waals surface area contributed by atoms with Gasteiger partial charge in [-0.05, 0) is 30.3 Å². The molecule has 1 aliphatic rings. The number of halogens is 3. The average molecular weight is 419 g/mol. The van der Waals surface area contributed by atoms with E-state index in [1.807, 2.05) is 35.4 Å². The Kier molecular flexibility index (Phi) is 5.63. The van der Waals surface area contributed by atoms with Gasteiger partial charge in [0, 0.05) is 11.6 Å². The van der Waals surface area contributed by atoms with Crippen molar-refractivity contribution < 1.29 is 27.8 Å². The summed E-state index contributed by atoms with van der Waals surface area (Å²) in [6.45, 7) is 3.83. The van der Waals surface area contributed by atoms with Crippen molar-refractivity contribution in [2.45, 2.75) is 12.7 Å². The molecule has 1 aromatic carbocycles. The average Bonchev–Trinajstić information content (AvgIpc) is 3.22. The van der Waals surface area contributed by atoms with Gasteiger partial charge in [-0.15, -0.1) is 0 Å². The number of anilines is 1. The van der Waals surface area contributed by atoms with Crippen LogP contribution < -0.4 is 19.5 Å². The van der Waals surface area contributed by atoms with E-state index in [2.05, 4.69) is 15.2 Å². The molecule has 4 rings (SSSR count). The van der Waals surface area contributed by atoms with Crippen molar-refractivity contribution in [2.75, 3.05) is 38.2 Å². The minimum absolute atomic E-state index is 0.506. The first-order valence-electron chi connectivity index (χ1n) is 9.78. The third-order valence-electron chi connectivity index (χ3n) is 5.46. The lowest BCUT2D eigenvalue weighted by Gasteiger charge is -2.28. The number of methoxy groups -OCH3 is 1. The highest BCUT2D eigenvalue weighted by atomic mass is 19.4. The monoisotopic (exact) mass is 419 g/mol. The Morgan fingerprint density at radius 2 is 1.90 bits per heavy atom. The van der Waals surface area contributed by atoms with Crippen LogP contribution >= 0.6 is 0 Å². The summed E-state index contributed by atoms with van der Waals surface area (Å²) < 4.78 is 44.1. The zero-order valence-electron chi connectivity index (χ0n) is 16.6. The van der Waals surface area contributed by atoms with Gasteiger partial charge in [0.05, 0.1) is 36.3 Å².